The monoisotopic (exact) mass is 317 g/mol. The molecule has 1 aromatic heterocycles. The predicted molar refractivity (Wildman–Crippen MR) is 87.7 cm³/mol. The zero-order valence-electron chi connectivity index (χ0n) is 13.6. The van der Waals surface area contributed by atoms with Gasteiger partial charge in [-0.15, -0.1) is 0 Å². The predicted octanol–water partition coefficient (Wildman–Crippen LogP) is 3.19. The average molecular weight is 317 g/mol. The molecule has 5 nitrogen and oxygen atoms in total. The van der Waals surface area contributed by atoms with E-state index < -0.39 is 6.10 Å². The Morgan fingerprint density at radius 1 is 1.26 bits per heavy atom. The molecule has 0 spiro atoms. The van der Waals surface area contributed by atoms with Crippen LogP contribution >= 0.6 is 0 Å². The number of ether oxygens (including phenoxy) is 2. The van der Waals surface area contributed by atoms with E-state index in [9.17, 15) is 4.79 Å². The Kier molecular flexibility index (Phi) is 6.54. The Morgan fingerprint density at radius 2 is 2.09 bits per heavy atom. The van der Waals surface area contributed by atoms with Crippen LogP contribution in [0.2, 0.25) is 0 Å². The van der Waals surface area contributed by atoms with Crippen LogP contribution in [0.4, 0.5) is 0 Å². The fourth-order valence-electron chi connectivity index (χ4n) is 2.20. The normalized spacial score (nSPS) is 11.7. The van der Waals surface area contributed by atoms with Crippen LogP contribution in [-0.2, 0) is 11.2 Å². The number of hydrogen-bond acceptors (Lipinski definition) is 4. The van der Waals surface area contributed by atoms with E-state index in [1.807, 2.05) is 37.3 Å². The van der Waals surface area contributed by atoms with E-state index in [1.54, 1.807) is 19.4 Å². The number of aryl methyl sites for hydroxylation is 1. The van der Waals surface area contributed by atoms with Crippen molar-refractivity contribution in [2.75, 3.05) is 13.7 Å². The molecule has 23 heavy (non-hydrogen) atoms. The molecular formula is C18H23NO4. The maximum absolute atomic E-state index is 12.2. The van der Waals surface area contributed by atoms with Gasteiger partial charge in [0.1, 0.15) is 17.3 Å². The summed E-state index contributed by atoms with van der Waals surface area (Å²) in [7, 11) is 1.60. The highest BCUT2D eigenvalue weighted by atomic mass is 16.5. The fraction of sp³-hybridized carbons (Fsp3) is 0.389. The largest absolute Gasteiger partial charge is 0.497 e. The molecule has 0 saturated carbocycles. The first kappa shape index (κ1) is 16.9. The third-order valence-electron chi connectivity index (χ3n) is 3.46. The van der Waals surface area contributed by atoms with Gasteiger partial charge in [0.2, 0.25) is 0 Å². The van der Waals surface area contributed by atoms with Crippen LogP contribution in [0.5, 0.6) is 11.5 Å². The Labute approximate surface area is 136 Å². The van der Waals surface area contributed by atoms with E-state index in [2.05, 4.69) is 5.32 Å². The number of rotatable bonds is 9. The lowest BCUT2D eigenvalue weighted by molar-refractivity contribution is -0.128. The van der Waals surface area contributed by atoms with Gasteiger partial charge in [0, 0.05) is 19.0 Å². The minimum Gasteiger partial charge on any atom is -0.497 e. The summed E-state index contributed by atoms with van der Waals surface area (Å²) in [5.74, 6) is 2.16. The van der Waals surface area contributed by atoms with Crippen molar-refractivity contribution in [2.24, 2.45) is 0 Å². The second-order valence-corrected chi connectivity index (χ2v) is 5.17. The Hall–Kier alpha value is -2.43. The van der Waals surface area contributed by atoms with E-state index >= 15 is 0 Å². The molecule has 0 aliphatic heterocycles. The van der Waals surface area contributed by atoms with E-state index in [0.29, 0.717) is 24.5 Å². The topological polar surface area (TPSA) is 60.7 Å². The van der Waals surface area contributed by atoms with Gasteiger partial charge in [-0.05, 0) is 37.1 Å². The third kappa shape index (κ3) is 5.36. The van der Waals surface area contributed by atoms with E-state index in [0.717, 1.165) is 18.6 Å². The second-order valence-electron chi connectivity index (χ2n) is 5.17. The number of furan rings is 1. The van der Waals surface area contributed by atoms with E-state index in [4.69, 9.17) is 13.9 Å². The second kappa shape index (κ2) is 8.88. The van der Waals surface area contributed by atoms with Gasteiger partial charge >= 0.3 is 0 Å². The Morgan fingerprint density at radius 3 is 2.78 bits per heavy atom. The van der Waals surface area contributed by atoms with Gasteiger partial charge in [-0.2, -0.15) is 0 Å². The number of methoxy groups -OCH3 is 1. The molecule has 0 fully saturated rings. The SMILES string of the molecule is CCC(Oc1cccc(OC)c1)C(=O)NCCCc1ccco1. The number of nitrogens with one attached hydrogen (secondary N) is 1. The van der Waals surface area contributed by atoms with Crippen LogP contribution in [0.3, 0.4) is 0 Å². The van der Waals surface area contributed by atoms with Gasteiger partial charge in [-0.3, -0.25) is 4.79 Å². The van der Waals surface area contributed by atoms with Crippen LogP contribution in [0.1, 0.15) is 25.5 Å². The van der Waals surface area contributed by atoms with Crippen molar-refractivity contribution in [1.82, 2.24) is 5.32 Å². The Bertz CT molecular complexity index is 595. The minimum absolute atomic E-state index is 0.102. The average Bonchev–Trinajstić information content (AvgIpc) is 3.10. The molecule has 1 N–H and O–H groups in total. The van der Waals surface area contributed by atoms with Crippen LogP contribution in [0.25, 0.3) is 0 Å². The smallest absolute Gasteiger partial charge is 0.261 e. The molecule has 0 radical (unpaired) electrons. The summed E-state index contributed by atoms with van der Waals surface area (Å²) in [6.45, 7) is 2.52. The van der Waals surface area contributed by atoms with Crippen molar-refractivity contribution in [3.8, 4) is 11.5 Å². The summed E-state index contributed by atoms with van der Waals surface area (Å²) in [5.41, 5.74) is 0. The minimum atomic E-state index is -0.509. The van der Waals surface area contributed by atoms with Crippen molar-refractivity contribution in [3.63, 3.8) is 0 Å². The maximum atomic E-state index is 12.2. The zero-order chi connectivity index (χ0) is 16.5. The molecule has 0 bridgehead atoms. The molecule has 0 aliphatic rings. The van der Waals surface area contributed by atoms with Crippen LogP contribution in [-0.4, -0.2) is 25.7 Å². The number of carbonyl (C=O) groups excluding carboxylic acids is 1. The number of hydrogen-bond donors (Lipinski definition) is 1. The van der Waals surface area contributed by atoms with Gasteiger partial charge in [0.25, 0.3) is 5.91 Å². The quantitative estimate of drug-likeness (QED) is 0.722. The molecular weight excluding hydrogens is 294 g/mol. The van der Waals surface area contributed by atoms with Crippen molar-refractivity contribution in [2.45, 2.75) is 32.3 Å². The zero-order valence-corrected chi connectivity index (χ0v) is 13.6. The molecule has 1 amide bonds. The molecule has 2 rings (SSSR count). The number of benzene rings is 1. The highest BCUT2D eigenvalue weighted by molar-refractivity contribution is 5.81. The first-order valence-corrected chi connectivity index (χ1v) is 7.83. The molecule has 2 aromatic rings. The van der Waals surface area contributed by atoms with Crippen molar-refractivity contribution in [1.29, 1.82) is 0 Å². The molecule has 1 atom stereocenters. The number of amides is 1. The lowest BCUT2D eigenvalue weighted by Crippen LogP contribution is -2.38. The highest BCUT2D eigenvalue weighted by Gasteiger charge is 2.18. The van der Waals surface area contributed by atoms with E-state index in [-0.39, 0.29) is 5.91 Å². The van der Waals surface area contributed by atoms with Crippen molar-refractivity contribution >= 4 is 5.91 Å². The van der Waals surface area contributed by atoms with Gasteiger partial charge in [0.05, 0.1) is 13.4 Å². The fourth-order valence-corrected chi connectivity index (χ4v) is 2.20. The van der Waals surface area contributed by atoms with Crippen LogP contribution in [0, 0.1) is 0 Å². The van der Waals surface area contributed by atoms with Crippen molar-refractivity contribution < 1.29 is 18.7 Å². The molecule has 124 valence electrons. The first-order valence-electron chi connectivity index (χ1n) is 7.83. The van der Waals surface area contributed by atoms with Gasteiger partial charge < -0.3 is 19.2 Å². The molecule has 0 saturated heterocycles. The van der Waals surface area contributed by atoms with Gasteiger partial charge in [0.15, 0.2) is 6.10 Å². The molecule has 5 heteroatoms. The van der Waals surface area contributed by atoms with E-state index in [1.165, 1.54) is 0 Å². The van der Waals surface area contributed by atoms with Gasteiger partial charge in [-0.25, -0.2) is 0 Å². The maximum Gasteiger partial charge on any atom is 0.261 e. The summed E-state index contributed by atoms with van der Waals surface area (Å²) in [6.07, 6.45) is 3.38. The highest BCUT2D eigenvalue weighted by Crippen LogP contribution is 2.20. The first-order chi connectivity index (χ1) is 11.2. The van der Waals surface area contributed by atoms with Gasteiger partial charge in [-0.1, -0.05) is 13.0 Å². The standard InChI is InChI=1S/C18H23NO4/c1-3-17(23-16-8-4-7-15(13-16)21-2)18(20)19-11-5-9-14-10-6-12-22-14/h4,6-8,10,12-13,17H,3,5,9,11H2,1-2H3,(H,19,20). The summed E-state index contributed by atoms with van der Waals surface area (Å²) < 4.78 is 16.2. The molecule has 0 aliphatic carbocycles. The van der Waals surface area contributed by atoms with Crippen LogP contribution < -0.4 is 14.8 Å². The molecule has 1 aromatic carbocycles. The summed E-state index contributed by atoms with van der Waals surface area (Å²) in [6, 6.07) is 11.1. The lowest BCUT2D eigenvalue weighted by Gasteiger charge is -2.17. The summed E-state index contributed by atoms with van der Waals surface area (Å²) in [5, 5.41) is 2.91. The number of carbonyl (C=O) groups is 1. The Balaban J connectivity index is 1.78. The molecule has 1 unspecified atom stereocenters. The van der Waals surface area contributed by atoms with Crippen LogP contribution in [0.15, 0.2) is 47.1 Å². The summed E-state index contributed by atoms with van der Waals surface area (Å²) in [4.78, 5) is 12.2. The third-order valence-corrected chi connectivity index (χ3v) is 3.46. The molecule has 1 heterocycles. The summed E-state index contributed by atoms with van der Waals surface area (Å²) >= 11 is 0. The van der Waals surface area contributed by atoms with Crippen molar-refractivity contribution in [3.05, 3.63) is 48.4 Å². The lowest BCUT2D eigenvalue weighted by atomic mass is 10.2.